The van der Waals surface area contributed by atoms with Gasteiger partial charge in [0.05, 0.1) is 5.75 Å². The Labute approximate surface area is 60.5 Å². The van der Waals surface area contributed by atoms with E-state index in [0.717, 1.165) is 0 Å². The zero-order valence-electron chi connectivity index (χ0n) is 5.53. The maximum absolute atomic E-state index is 10.4. The first-order chi connectivity index (χ1) is 3.92. The minimum Gasteiger partial charge on any atom is -0.308 e. The Morgan fingerprint density at radius 2 is 2.11 bits per heavy atom. The van der Waals surface area contributed by atoms with E-state index in [4.69, 9.17) is 4.55 Å². The summed E-state index contributed by atoms with van der Waals surface area (Å²) in [5, 5.41) is 0. The number of rotatable bonds is 3. The van der Waals surface area contributed by atoms with Crippen molar-refractivity contribution in [2.24, 2.45) is 0 Å². The van der Waals surface area contributed by atoms with Crippen LogP contribution in [0.1, 0.15) is 0 Å². The van der Waals surface area contributed by atoms with E-state index in [0.29, 0.717) is 6.54 Å². The van der Waals surface area contributed by atoms with Crippen molar-refractivity contribution in [1.29, 1.82) is 0 Å². The van der Waals surface area contributed by atoms with Crippen molar-refractivity contribution < 1.29 is 8.76 Å². The van der Waals surface area contributed by atoms with Gasteiger partial charge < -0.3 is 9.45 Å². The molecular weight excluding hydrogens is 158 g/mol. The van der Waals surface area contributed by atoms with E-state index in [1.54, 1.807) is 0 Å². The van der Waals surface area contributed by atoms with Crippen LogP contribution in [0.3, 0.4) is 0 Å². The van der Waals surface area contributed by atoms with Gasteiger partial charge >= 0.3 is 0 Å². The average Bonchev–Trinajstić information content (AvgIpc) is 1.59. The first-order valence-corrected chi connectivity index (χ1v) is 5.12. The molecule has 9 heavy (non-hydrogen) atoms. The van der Waals surface area contributed by atoms with Crippen LogP contribution in [0.5, 0.6) is 0 Å². The van der Waals surface area contributed by atoms with Crippen molar-refractivity contribution in [2.45, 2.75) is 0 Å². The summed E-state index contributed by atoms with van der Waals surface area (Å²) in [7, 11) is 0.740. The molecule has 0 radical (unpaired) electrons. The highest BCUT2D eigenvalue weighted by Gasteiger charge is 1.99. The van der Waals surface area contributed by atoms with Gasteiger partial charge in [0.15, 0.2) is 0 Å². The molecule has 0 spiro atoms. The fraction of sp³-hybridized carbons (Fsp3) is 1.00. The Morgan fingerprint density at radius 1 is 1.67 bits per heavy atom. The Kier molecular flexibility index (Phi) is 3.57. The second-order valence-corrected chi connectivity index (χ2v) is 5.22. The van der Waals surface area contributed by atoms with E-state index in [-0.39, 0.29) is 5.75 Å². The first-order valence-electron chi connectivity index (χ1n) is 2.52. The summed E-state index contributed by atoms with van der Waals surface area (Å²) in [6.45, 7) is 0.568. The van der Waals surface area contributed by atoms with Crippen LogP contribution in [0.15, 0.2) is 0 Å². The lowest BCUT2D eigenvalue weighted by Gasteiger charge is -2.07. The quantitative estimate of drug-likeness (QED) is 0.633. The molecule has 0 heterocycles. The predicted octanol–water partition coefficient (Wildman–Crippen LogP) is -0.233. The van der Waals surface area contributed by atoms with E-state index in [1.165, 1.54) is 0 Å². The fourth-order valence-electron chi connectivity index (χ4n) is 0.298. The van der Waals surface area contributed by atoms with Gasteiger partial charge in [0.1, 0.15) is 8.77 Å². The lowest BCUT2D eigenvalue weighted by molar-refractivity contribution is 0.430. The highest BCUT2D eigenvalue weighted by Crippen LogP contribution is 1.83. The lowest BCUT2D eigenvalue weighted by atomic mass is 10.7. The van der Waals surface area contributed by atoms with Crippen molar-refractivity contribution in [3.05, 3.63) is 0 Å². The van der Waals surface area contributed by atoms with E-state index in [2.05, 4.69) is 11.2 Å². The highest BCUT2D eigenvalue weighted by molar-refractivity contribution is 8.29. The third-order valence-corrected chi connectivity index (χ3v) is 1.99. The van der Waals surface area contributed by atoms with E-state index < -0.39 is 8.77 Å². The van der Waals surface area contributed by atoms with Crippen molar-refractivity contribution in [3.63, 3.8) is 0 Å². The van der Waals surface area contributed by atoms with Gasteiger partial charge in [-0.05, 0) is 14.1 Å². The van der Waals surface area contributed by atoms with Crippen molar-refractivity contribution >= 4 is 20.0 Å². The second kappa shape index (κ2) is 3.46. The molecule has 3 nitrogen and oxygen atoms in total. The largest absolute Gasteiger partial charge is 0.308 e. The molecule has 1 N–H and O–H groups in total. The number of nitrogens with zero attached hydrogens (tertiary/aromatic N) is 1. The molecule has 0 aromatic carbocycles. The Bertz CT molecular complexity index is 161. The predicted molar refractivity (Wildman–Crippen MR) is 41.6 cm³/mol. The van der Waals surface area contributed by atoms with Crippen LogP contribution in [0.2, 0.25) is 0 Å². The monoisotopic (exact) mass is 169 g/mol. The maximum atomic E-state index is 10.4. The van der Waals surface area contributed by atoms with Crippen LogP contribution in [0.25, 0.3) is 0 Å². The van der Waals surface area contributed by atoms with E-state index in [9.17, 15) is 4.21 Å². The molecule has 0 amide bonds. The summed E-state index contributed by atoms with van der Waals surface area (Å²) >= 11 is 4.26. The van der Waals surface area contributed by atoms with Crippen molar-refractivity contribution in [3.8, 4) is 0 Å². The van der Waals surface area contributed by atoms with Crippen LogP contribution in [-0.4, -0.2) is 40.1 Å². The highest BCUT2D eigenvalue weighted by atomic mass is 32.8. The van der Waals surface area contributed by atoms with Crippen LogP contribution in [-0.2, 0) is 20.0 Å². The van der Waals surface area contributed by atoms with Gasteiger partial charge in [-0.3, -0.25) is 0 Å². The SMILES string of the molecule is CN(C)CCS(=O)(O)=S. The molecule has 1 unspecified atom stereocenters. The van der Waals surface area contributed by atoms with E-state index in [1.807, 2.05) is 19.0 Å². The third kappa shape index (κ3) is 8.29. The molecule has 0 fully saturated rings. The summed E-state index contributed by atoms with van der Waals surface area (Å²) in [5.74, 6) is 0.176. The summed E-state index contributed by atoms with van der Waals surface area (Å²) in [6, 6.07) is 0. The molecule has 0 rings (SSSR count). The van der Waals surface area contributed by atoms with Gasteiger partial charge in [-0.15, -0.1) is 0 Å². The average molecular weight is 169 g/mol. The van der Waals surface area contributed by atoms with Crippen LogP contribution in [0, 0.1) is 0 Å². The van der Waals surface area contributed by atoms with Gasteiger partial charge in [0.25, 0.3) is 0 Å². The molecule has 1 atom stereocenters. The van der Waals surface area contributed by atoms with Crippen molar-refractivity contribution in [2.75, 3.05) is 26.4 Å². The Balaban J connectivity index is 3.53. The molecular formula is C4H11NO2S2. The van der Waals surface area contributed by atoms with E-state index >= 15 is 0 Å². The Morgan fingerprint density at radius 3 is 2.22 bits per heavy atom. The minimum absolute atomic E-state index is 0.176. The van der Waals surface area contributed by atoms with Crippen LogP contribution < -0.4 is 0 Å². The topological polar surface area (TPSA) is 40.5 Å². The zero-order chi connectivity index (χ0) is 7.49. The van der Waals surface area contributed by atoms with Gasteiger partial charge in [-0.25, -0.2) is 4.21 Å². The molecule has 5 heteroatoms. The maximum Gasteiger partial charge on any atom is 0.142 e. The standard InChI is InChI=1S/C4H11NO2S2/c1-5(2)3-4-9(6,7)8/h3-4H2,1-2H3,(H,6,7,8). The zero-order valence-corrected chi connectivity index (χ0v) is 7.17. The van der Waals surface area contributed by atoms with Gasteiger partial charge in [0, 0.05) is 17.7 Å². The van der Waals surface area contributed by atoms with Gasteiger partial charge in [-0.2, -0.15) is 0 Å². The molecule has 0 aliphatic heterocycles. The summed E-state index contributed by atoms with van der Waals surface area (Å²) in [6.07, 6.45) is 0. The molecule has 0 saturated carbocycles. The molecule has 0 aromatic heterocycles. The third-order valence-electron chi connectivity index (χ3n) is 0.796. The first kappa shape index (κ1) is 9.29. The van der Waals surface area contributed by atoms with Crippen LogP contribution in [0.4, 0.5) is 0 Å². The second-order valence-electron chi connectivity index (χ2n) is 2.09. The normalized spacial score (nSPS) is 17.8. The number of hydrogen-bond donors (Lipinski definition) is 1. The Hall–Kier alpha value is 0.290. The minimum atomic E-state index is -2.93. The van der Waals surface area contributed by atoms with Gasteiger partial charge in [0.2, 0.25) is 0 Å². The molecule has 0 aliphatic carbocycles. The molecule has 0 saturated heterocycles. The van der Waals surface area contributed by atoms with Crippen LogP contribution >= 0.6 is 0 Å². The summed E-state index contributed by atoms with van der Waals surface area (Å²) in [5.41, 5.74) is 0. The summed E-state index contributed by atoms with van der Waals surface area (Å²) in [4.78, 5) is 1.82. The molecule has 0 aromatic rings. The molecule has 0 bridgehead atoms. The fourth-order valence-corrected chi connectivity index (χ4v) is 1.12. The lowest BCUT2D eigenvalue weighted by Crippen LogP contribution is -2.20. The van der Waals surface area contributed by atoms with Gasteiger partial charge in [-0.1, -0.05) is 0 Å². The molecule has 56 valence electrons. The number of hydrogen-bond acceptors (Lipinski definition) is 3. The molecule has 0 aliphatic rings. The summed E-state index contributed by atoms with van der Waals surface area (Å²) < 4.78 is 19.0. The smallest absolute Gasteiger partial charge is 0.142 e. The van der Waals surface area contributed by atoms with Crippen molar-refractivity contribution in [1.82, 2.24) is 4.90 Å².